The van der Waals surface area contributed by atoms with Crippen LogP contribution in [-0.2, 0) is 4.79 Å². The van der Waals surface area contributed by atoms with Crippen LogP contribution in [0.2, 0.25) is 5.02 Å². The molecule has 1 heterocycles. The van der Waals surface area contributed by atoms with Gasteiger partial charge in [0.1, 0.15) is 5.82 Å². The van der Waals surface area contributed by atoms with Gasteiger partial charge in [0, 0.05) is 24.8 Å². The van der Waals surface area contributed by atoms with E-state index in [1.165, 1.54) is 12.8 Å². The lowest BCUT2D eigenvalue weighted by Crippen LogP contribution is -2.52. The maximum Gasteiger partial charge on any atom is 0.317 e. The molecule has 2 N–H and O–H groups in total. The molecular formula is C15H20ClN3O2. The van der Waals surface area contributed by atoms with E-state index >= 15 is 0 Å². The first kappa shape index (κ1) is 14.6. The zero-order valence-electron chi connectivity index (χ0n) is 11.8. The number of halogens is 1. The summed E-state index contributed by atoms with van der Waals surface area (Å²) >= 11 is 6.08. The Morgan fingerprint density at radius 1 is 1.48 bits per heavy atom. The SMILES string of the molecule is O=C(O)CN(CC1CC1)C1CC(Nc2ncccc2Cl)C1. The molecule has 2 saturated carbocycles. The normalized spacial score (nSPS) is 24.7. The minimum Gasteiger partial charge on any atom is -0.480 e. The van der Waals surface area contributed by atoms with Gasteiger partial charge in [0.2, 0.25) is 0 Å². The van der Waals surface area contributed by atoms with Gasteiger partial charge in [-0.25, -0.2) is 4.98 Å². The maximum absolute atomic E-state index is 11.0. The van der Waals surface area contributed by atoms with Crippen molar-refractivity contribution in [3.05, 3.63) is 23.4 Å². The van der Waals surface area contributed by atoms with E-state index in [9.17, 15) is 4.79 Å². The first-order valence-electron chi connectivity index (χ1n) is 7.44. The van der Waals surface area contributed by atoms with E-state index in [-0.39, 0.29) is 6.54 Å². The molecule has 1 aromatic heterocycles. The Morgan fingerprint density at radius 3 is 2.86 bits per heavy atom. The molecule has 0 saturated heterocycles. The summed E-state index contributed by atoms with van der Waals surface area (Å²) in [5.74, 6) is 0.691. The molecule has 2 aliphatic rings. The van der Waals surface area contributed by atoms with E-state index in [0.29, 0.717) is 23.0 Å². The zero-order valence-corrected chi connectivity index (χ0v) is 12.6. The van der Waals surface area contributed by atoms with Crippen LogP contribution in [0.25, 0.3) is 0 Å². The van der Waals surface area contributed by atoms with Crippen molar-refractivity contribution in [3.63, 3.8) is 0 Å². The van der Waals surface area contributed by atoms with Crippen molar-refractivity contribution < 1.29 is 9.90 Å². The summed E-state index contributed by atoms with van der Waals surface area (Å²) in [6.45, 7) is 1.08. The number of aliphatic carboxylic acids is 1. The molecule has 0 aromatic carbocycles. The van der Waals surface area contributed by atoms with Crippen molar-refractivity contribution >= 4 is 23.4 Å². The number of hydrogen-bond acceptors (Lipinski definition) is 4. The van der Waals surface area contributed by atoms with Gasteiger partial charge in [-0.2, -0.15) is 0 Å². The highest BCUT2D eigenvalue weighted by molar-refractivity contribution is 6.32. The molecule has 0 bridgehead atoms. The third-order valence-corrected chi connectivity index (χ3v) is 4.56. The number of aromatic nitrogens is 1. The summed E-state index contributed by atoms with van der Waals surface area (Å²) in [5.41, 5.74) is 0. The monoisotopic (exact) mass is 309 g/mol. The number of hydrogen-bond donors (Lipinski definition) is 2. The summed E-state index contributed by atoms with van der Waals surface area (Å²) in [6.07, 6.45) is 6.11. The van der Waals surface area contributed by atoms with Crippen molar-refractivity contribution in [2.24, 2.45) is 5.92 Å². The van der Waals surface area contributed by atoms with Gasteiger partial charge in [-0.3, -0.25) is 9.69 Å². The Hall–Kier alpha value is -1.33. The smallest absolute Gasteiger partial charge is 0.317 e. The van der Waals surface area contributed by atoms with Crippen LogP contribution in [-0.4, -0.2) is 46.1 Å². The van der Waals surface area contributed by atoms with Crippen LogP contribution in [0.3, 0.4) is 0 Å². The van der Waals surface area contributed by atoms with Crippen molar-refractivity contribution in [1.29, 1.82) is 0 Å². The number of carbonyl (C=O) groups is 1. The molecule has 1 aromatic rings. The van der Waals surface area contributed by atoms with Crippen LogP contribution in [0.15, 0.2) is 18.3 Å². The Morgan fingerprint density at radius 2 is 2.24 bits per heavy atom. The van der Waals surface area contributed by atoms with Gasteiger partial charge in [-0.15, -0.1) is 0 Å². The van der Waals surface area contributed by atoms with Crippen LogP contribution in [0.5, 0.6) is 0 Å². The van der Waals surface area contributed by atoms with Crippen molar-refractivity contribution in [2.45, 2.75) is 37.8 Å². The molecule has 0 aliphatic heterocycles. The number of carboxylic acid groups (broad SMARTS) is 1. The summed E-state index contributed by atoms with van der Waals surface area (Å²) in [4.78, 5) is 17.3. The molecule has 0 atom stereocenters. The second-order valence-electron chi connectivity index (χ2n) is 6.07. The third-order valence-electron chi connectivity index (χ3n) is 4.26. The molecule has 0 spiro atoms. The average molecular weight is 310 g/mol. The summed E-state index contributed by atoms with van der Waals surface area (Å²) < 4.78 is 0. The topological polar surface area (TPSA) is 65.5 Å². The summed E-state index contributed by atoms with van der Waals surface area (Å²) in [6, 6.07) is 4.32. The fraction of sp³-hybridized carbons (Fsp3) is 0.600. The van der Waals surface area contributed by atoms with Gasteiger partial charge in [0.15, 0.2) is 0 Å². The highest BCUT2D eigenvalue weighted by Crippen LogP contribution is 2.35. The number of nitrogens with one attached hydrogen (secondary N) is 1. The molecule has 114 valence electrons. The maximum atomic E-state index is 11.0. The van der Waals surface area contributed by atoms with Gasteiger partial charge in [-0.05, 0) is 43.7 Å². The number of rotatable bonds is 7. The van der Waals surface area contributed by atoms with Crippen molar-refractivity contribution in [3.8, 4) is 0 Å². The molecule has 5 nitrogen and oxygen atoms in total. The first-order chi connectivity index (χ1) is 10.1. The summed E-state index contributed by atoms with van der Waals surface area (Å²) in [7, 11) is 0. The van der Waals surface area contributed by atoms with Crippen LogP contribution < -0.4 is 5.32 Å². The van der Waals surface area contributed by atoms with Crippen LogP contribution >= 0.6 is 11.6 Å². The average Bonchev–Trinajstić information content (AvgIpc) is 3.18. The fourth-order valence-electron chi connectivity index (χ4n) is 2.84. The summed E-state index contributed by atoms with van der Waals surface area (Å²) in [5, 5.41) is 13.0. The van der Waals surface area contributed by atoms with Gasteiger partial charge >= 0.3 is 5.97 Å². The van der Waals surface area contributed by atoms with Gasteiger partial charge in [0.25, 0.3) is 0 Å². The van der Waals surface area contributed by atoms with Gasteiger partial charge in [0.05, 0.1) is 11.6 Å². The Labute approximate surface area is 129 Å². The second-order valence-corrected chi connectivity index (χ2v) is 6.47. The minimum atomic E-state index is -0.736. The quantitative estimate of drug-likeness (QED) is 0.810. The first-order valence-corrected chi connectivity index (χ1v) is 7.82. The second kappa shape index (κ2) is 6.20. The van der Waals surface area contributed by atoms with Crippen LogP contribution in [0, 0.1) is 5.92 Å². The molecule has 21 heavy (non-hydrogen) atoms. The standard InChI is InChI=1S/C15H20ClN3O2/c16-13-2-1-5-17-15(13)18-11-6-12(7-11)19(9-14(20)21)8-10-3-4-10/h1-2,5,10-12H,3-4,6-9H2,(H,17,18)(H,20,21). The van der Waals surface area contributed by atoms with Crippen molar-refractivity contribution in [1.82, 2.24) is 9.88 Å². The number of anilines is 1. The van der Waals surface area contributed by atoms with Crippen molar-refractivity contribution in [2.75, 3.05) is 18.4 Å². The Kier molecular flexibility index (Phi) is 4.31. The van der Waals surface area contributed by atoms with E-state index < -0.39 is 5.97 Å². The lowest BCUT2D eigenvalue weighted by molar-refractivity contribution is -0.139. The molecule has 6 heteroatoms. The van der Waals surface area contributed by atoms with Gasteiger partial charge in [-0.1, -0.05) is 11.6 Å². The number of pyridine rings is 1. The van der Waals surface area contributed by atoms with Crippen LogP contribution in [0.4, 0.5) is 5.82 Å². The Bertz CT molecular complexity index is 515. The predicted octanol–water partition coefficient (Wildman–Crippen LogP) is 2.47. The zero-order chi connectivity index (χ0) is 14.8. The molecule has 0 unspecified atom stereocenters. The third kappa shape index (κ3) is 3.86. The van der Waals surface area contributed by atoms with E-state index in [2.05, 4.69) is 15.2 Å². The molecular weight excluding hydrogens is 290 g/mol. The van der Waals surface area contributed by atoms with E-state index in [1.807, 2.05) is 6.07 Å². The van der Waals surface area contributed by atoms with E-state index in [4.69, 9.17) is 16.7 Å². The van der Waals surface area contributed by atoms with E-state index in [1.54, 1.807) is 12.3 Å². The minimum absolute atomic E-state index is 0.151. The van der Waals surface area contributed by atoms with Crippen LogP contribution in [0.1, 0.15) is 25.7 Å². The lowest BCUT2D eigenvalue weighted by atomic mass is 9.85. The largest absolute Gasteiger partial charge is 0.480 e. The molecule has 0 radical (unpaired) electrons. The predicted molar refractivity (Wildman–Crippen MR) is 81.6 cm³/mol. The Balaban J connectivity index is 1.51. The molecule has 0 amide bonds. The highest BCUT2D eigenvalue weighted by Gasteiger charge is 2.37. The number of nitrogens with zero attached hydrogens (tertiary/aromatic N) is 2. The van der Waals surface area contributed by atoms with E-state index in [0.717, 1.165) is 25.2 Å². The highest BCUT2D eigenvalue weighted by atomic mass is 35.5. The van der Waals surface area contributed by atoms with Gasteiger partial charge < -0.3 is 10.4 Å². The fourth-order valence-corrected chi connectivity index (χ4v) is 3.01. The number of carboxylic acids is 1. The molecule has 2 fully saturated rings. The lowest BCUT2D eigenvalue weighted by Gasteiger charge is -2.43. The molecule has 2 aliphatic carbocycles. The molecule has 3 rings (SSSR count).